The summed E-state index contributed by atoms with van der Waals surface area (Å²) in [5, 5.41) is 0. The van der Waals surface area contributed by atoms with Gasteiger partial charge < -0.3 is 9.79 Å². The third-order valence-corrected chi connectivity index (χ3v) is 3.26. The molecule has 8 heteroatoms. The summed E-state index contributed by atoms with van der Waals surface area (Å²) >= 11 is 0. The van der Waals surface area contributed by atoms with Crippen LogP contribution in [0.4, 0.5) is 0 Å². The van der Waals surface area contributed by atoms with E-state index < -0.39 is 23.7 Å². The van der Waals surface area contributed by atoms with Crippen LogP contribution in [0, 0.1) is 0 Å². The highest BCUT2D eigenvalue weighted by Crippen LogP contribution is 2.38. The first-order chi connectivity index (χ1) is 4.77. The molecule has 0 heterocycles. The zero-order valence-electron chi connectivity index (χ0n) is 5.80. The molecule has 0 bridgehead atoms. The smallest absolute Gasteiger partial charge is 0.302 e. The summed E-state index contributed by atoms with van der Waals surface area (Å²) in [5.41, 5.74) is 0. The van der Waals surface area contributed by atoms with Gasteiger partial charge in [-0.25, -0.2) is 4.57 Å². The molecule has 0 rings (SSSR count). The predicted molar refractivity (Wildman–Crippen MR) is 37.2 cm³/mol. The zero-order valence-corrected chi connectivity index (χ0v) is 7.51. The molecule has 6 nitrogen and oxygen atoms in total. The minimum absolute atomic E-state index is 0.252. The van der Waals surface area contributed by atoms with Gasteiger partial charge >= 0.3 is 7.82 Å². The fourth-order valence-corrected chi connectivity index (χ4v) is 2.42. The van der Waals surface area contributed by atoms with Crippen LogP contribution in [0.5, 0.6) is 0 Å². The van der Waals surface area contributed by atoms with Crippen molar-refractivity contribution in [1.82, 2.24) is 0 Å². The highest BCUT2D eigenvalue weighted by Gasteiger charge is 2.24. The number of phosphoric acid groups is 1. The van der Waals surface area contributed by atoms with Crippen molar-refractivity contribution >= 4 is 17.9 Å². The summed E-state index contributed by atoms with van der Waals surface area (Å²) in [6, 6.07) is 0. The van der Waals surface area contributed by atoms with Crippen molar-refractivity contribution < 1.29 is 26.7 Å². The van der Waals surface area contributed by atoms with Crippen molar-refractivity contribution in [2.75, 3.05) is 5.75 Å². The molecule has 0 saturated heterocycles. The maximum absolute atomic E-state index is 10.5. The summed E-state index contributed by atoms with van der Waals surface area (Å²) < 4.78 is 34.6. The molecule has 0 aliphatic heterocycles. The van der Waals surface area contributed by atoms with Gasteiger partial charge in [-0.05, 0) is 6.42 Å². The SMILES string of the molecule is CCCS(=O)(=O)OP(=O)(O)O. The quantitative estimate of drug-likeness (QED) is 0.617. The average Bonchev–Trinajstić information content (AvgIpc) is 1.55. The van der Waals surface area contributed by atoms with Gasteiger partial charge in [0, 0.05) is 0 Å². The Bertz CT molecular complexity index is 249. The molecule has 0 unspecified atom stereocenters. The van der Waals surface area contributed by atoms with Crippen LogP contribution in [0.15, 0.2) is 0 Å². The van der Waals surface area contributed by atoms with Crippen molar-refractivity contribution in [3.05, 3.63) is 0 Å². The molecule has 0 aromatic heterocycles. The van der Waals surface area contributed by atoms with Crippen LogP contribution in [0.25, 0.3) is 0 Å². The zero-order chi connectivity index (χ0) is 9.12. The highest BCUT2D eigenvalue weighted by molar-refractivity contribution is 7.90. The van der Waals surface area contributed by atoms with Crippen molar-refractivity contribution in [1.29, 1.82) is 0 Å². The monoisotopic (exact) mass is 204 g/mol. The van der Waals surface area contributed by atoms with Gasteiger partial charge in [0.25, 0.3) is 10.1 Å². The Kier molecular flexibility index (Phi) is 3.66. The average molecular weight is 204 g/mol. The summed E-state index contributed by atoms with van der Waals surface area (Å²) in [5.74, 6) is -0.391. The van der Waals surface area contributed by atoms with Gasteiger partial charge in [-0.1, -0.05) is 6.92 Å². The molecule has 0 aliphatic rings. The largest absolute Gasteiger partial charge is 0.484 e. The summed E-state index contributed by atoms with van der Waals surface area (Å²) in [7, 11) is -8.96. The normalized spacial score (nSPS) is 13.4. The second-order valence-electron chi connectivity index (χ2n) is 1.83. The molecular formula is C3H9O6PS. The molecule has 0 spiro atoms. The van der Waals surface area contributed by atoms with Crippen molar-refractivity contribution in [2.24, 2.45) is 0 Å². The first kappa shape index (κ1) is 11.1. The van der Waals surface area contributed by atoms with Crippen LogP contribution in [-0.2, 0) is 18.7 Å². The standard InChI is InChI=1S/C3H9O6PS/c1-2-3-11(7,8)9-10(4,5)6/h2-3H2,1H3,(H2,4,5,6). The van der Waals surface area contributed by atoms with E-state index in [2.05, 4.69) is 3.97 Å². The van der Waals surface area contributed by atoms with Crippen LogP contribution in [0.3, 0.4) is 0 Å². The van der Waals surface area contributed by atoms with Gasteiger partial charge in [-0.3, -0.25) is 0 Å². The topological polar surface area (TPSA) is 101 Å². The molecule has 2 N–H and O–H groups in total. The highest BCUT2D eigenvalue weighted by atomic mass is 32.2. The molecule has 0 atom stereocenters. The van der Waals surface area contributed by atoms with Crippen LogP contribution >= 0.6 is 7.82 Å². The second kappa shape index (κ2) is 3.64. The van der Waals surface area contributed by atoms with Gasteiger partial charge in [-0.15, -0.1) is 0 Å². The number of rotatable bonds is 4. The molecular weight excluding hydrogens is 195 g/mol. The Labute approximate surface area is 64.6 Å². The minimum Gasteiger partial charge on any atom is -0.302 e. The lowest BCUT2D eigenvalue weighted by molar-refractivity contribution is 0.285. The molecule has 0 aromatic carbocycles. The van der Waals surface area contributed by atoms with Gasteiger partial charge in [0.2, 0.25) is 0 Å². The Balaban J connectivity index is 4.27. The van der Waals surface area contributed by atoms with Gasteiger partial charge in [0.1, 0.15) is 0 Å². The maximum atomic E-state index is 10.5. The van der Waals surface area contributed by atoms with E-state index in [-0.39, 0.29) is 6.42 Å². The van der Waals surface area contributed by atoms with Gasteiger partial charge in [0.15, 0.2) is 0 Å². The maximum Gasteiger partial charge on any atom is 0.484 e. The Morgan fingerprint density at radius 2 is 1.91 bits per heavy atom. The fourth-order valence-electron chi connectivity index (χ4n) is 0.435. The lowest BCUT2D eigenvalue weighted by Crippen LogP contribution is -2.07. The second-order valence-corrected chi connectivity index (χ2v) is 4.93. The molecule has 0 aliphatic carbocycles. The molecule has 0 fully saturated rings. The van der Waals surface area contributed by atoms with Crippen molar-refractivity contribution in [3.63, 3.8) is 0 Å². The summed E-state index contributed by atoms with van der Waals surface area (Å²) in [4.78, 5) is 16.2. The van der Waals surface area contributed by atoms with E-state index in [1.807, 2.05) is 0 Å². The Morgan fingerprint density at radius 3 is 2.18 bits per heavy atom. The van der Waals surface area contributed by atoms with Crippen molar-refractivity contribution in [2.45, 2.75) is 13.3 Å². The molecule has 11 heavy (non-hydrogen) atoms. The third kappa shape index (κ3) is 6.46. The van der Waals surface area contributed by atoms with E-state index in [0.717, 1.165) is 0 Å². The Hall–Kier alpha value is 0.0600. The summed E-state index contributed by atoms with van der Waals surface area (Å²) in [6.45, 7) is 1.56. The van der Waals surface area contributed by atoms with Crippen molar-refractivity contribution in [3.8, 4) is 0 Å². The first-order valence-corrected chi connectivity index (χ1v) is 5.87. The van der Waals surface area contributed by atoms with E-state index in [4.69, 9.17) is 9.79 Å². The molecule has 0 radical (unpaired) electrons. The summed E-state index contributed by atoms with van der Waals surface area (Å²) in [6.07, 6.45) is 0.252. The fraction of sp³-hybridized carbons (Fsp3) is 1.00. The van der Waals surface area contributed by atoms with E-state index >= 15 is 0 Å². The lowest BCUT2D eigenvalue weighted by atomic mass is 10.6. The third-order valence-electron chi connectivity index (χ3n) is 0.665. The van der Waals surface area contributed by atoms with Crippen LogP contribution in [0.2, 0.25) is 0 Å². The molecule has 0 amide bonds. The van der Waals surface area contributed by atoms with Gasteiger partial charge in [0.05, 0.1) is 5.75 Å². The minimum atomic E-state index is -4.90. The molecule has 68 valence electrons. The number of hydrogen-bond donors (Lipinski definition) is 2. The van der Waals surface area contributed by atoms with E-state index in [0.29, 0.717) is 0 Å². The van der Waals surface area contributed by atoms with Gasteiger partial charge in [-0.2, -0.15) is 12.4 Å². The predicted octanol–water partition coefficient (Wildman–Crippen LogP) is -0.164. The Morgan fingerprint density at radius 1 is 1.45 bits per heavy atom. The van der Waals surface area contributed by atoms with Crippen LogP contribution in [-0.4, -0.2) is 24.0 Å². The van der Waals surface area contributed by atoms with Crippen LogP contribution < -0.4 is 0 Å². The molecule has 0 saturated carbocycles. The van der Waals surface area contributed by atoms with E-state index in [1.165, 1.54) is 0 Å². The van der Waals surface area contributed by atoms with Crippen LogP contribution in [0.1, 0.15) is 13.3 Å². The van der Waals surface area contributed by atoms with E-state index in [9.17, 15) is 13.0 Å². The lowest BCUT2D eigenvalue weighted by Gasteiger charge is -2.03. The molecule has 0 aromatic rings. The van der Waals surface area contributed by atoms with E-state index in [1.54, 1.807) is 6.92 Å². The number of hydrogen-bond acceptors (Lipinski definition) is 4. The first-order valence-electron chi connectivity index (χ1n) is 2.76.